The highest BCUT2D eigenvalue weighted by atomic mass is 19.1. The van der Waals surface area contributed by atoms with Crippen molar-refractivity contribution in [2.24, 2.45) is 10.7 Å². The van der Waals surface area contributed by atoms with Crippen LogP contribution in [0.3, 0.4) is 0 Å². The van der Waals surface area contributed by atoms with Gasteiger partial charge >= 0.3 is 6.08 Å². The molecule has 1 unspecified atom stereocenters. The monoisotopic (exact) mass is 424 g/mol. The van der Waals surface area contributed by atoms with Gasteiger partial charge in [0.1, 0.15) is 12.4 Å². The second-order valence-corrected chi connectivity index (χ2v) is 6.91. The molecule has 8 nitrogen and oxygen atoms in total. The second-order valence-electron chi connectivity index (χ2n) is 6.91. The van der Waals surface area contributed by atoms with Crippen molar-refractivity contribution in [3.05, 3.63) is 71.8 Å². The molecule has 1 atom stereocenters. The molecule has 1 aliphatic heterocycles. The largest absolute Gasteiger partial charge is 0.497 e. The fourth-order valence-electron chi connectivity index (χ4n) is 3.51. The minimum Gasteiger partial charge on any atom is -0.497 e. The molecule has 31 heavy (non-hydrogen) atoms. The fourth-order valence-corrected chi connectivity index (χ4v) is 3.51. The van der Waals surface area contributed by atoms with Gasteiger partial charge in [-0.15, -0.1) is 0 Å². The molecular formula is C21H18F2N6O2. The summed E-state index contributed by atoms with van der Waals surface area (Å²) in [6, 6.07) is 8.12. The van der Waals surface area contributed by atoms with E-state index in [9.17, 15) is 13.6 Å². The predicted octanol–water partition coefficient (Wildman–Crippen LogP) is 2.19. The third kappa shape index (κ3) is 3.35. The van der Waals surface area contributed by atoms with Crippen LogP contribution in [-0.2, 0) is 17.0 Å². The molecule has 1 aromatic carbocycles. The van der Waals surface area contributed by atoms with E-state index in [1.54, 1.807) is 24.3 Å². The number of ether oxygens (including phenoxy) is 1. The molecule has 2 aromatic heterocycles. The number of halogens is 2. The Hall–Kier alpha value is -3.95. The quantitative estimate of drug-likeness (QED) is 0.630. The van der Waals surface area contributed by atoms with Crippen LogP contribution in [-0.4, -0.2) is 45.9 Å². The van der Waals surface area contributed by atoms with Crippen molar-refractivity contribution >= 4 is 11.9 Å². The number of hydrogen-bond acceptors (Lipinski definition) is 7. The Bertz CT molecular complexity index is 1180. The molecular weight excluding hydrogens is 406 g/mol. The average molecular weight is 424 g/mol. The summed E-state index contributed by atoms with van der Waals surface area (Å²) >= 11 is 0. The Labute approximate surface area is 176 Å². The second kappa shape index (κ2) is 7.71. The van der Waals surface area contributed by atoms with Crippen molar-refractivity contribution in [2.45, 2.75) is 12.2 Å². The van der Waals surface area contributed by atoms with Gasteiger partial charge in [-0.3, -0.25) is 14.7 Å². The summed E-state index contributed by atoms with van der Waals surface area (Å²) in [6.07, 6.45) is 3.20. The van der Waals surface area contributed by atoms with Crippen LogP contribution in [0.2, 0.25) is 0 Å². The number of rotatable bonds is 5. The molecule has 1 amide bonds. The maximum Gasteiger partial charge on any atom is 0.308 e. The lowest BCUT2D eigenvalue weighted by molar-refractivity contribution is -0.129. The Balaban J connectivity index is 1.99. The van der Waals surface area contributed by atoms with E-state index >= 15 is 0 Å². The van der Waals surface area contributed by atoms with Gasteiger partial charge in [0.25, 0.3) is 5.91 Å². The van der Waals surface area contributed by atoms with Gasteiger partial charge < -0.3 is 10.5 Å². The number of hydrogen-bond donors (Lipinski definition) is 1. The normalized spacial score (nSPS) is 18.3. The first kappa shape index (κ1) is 20.3. The average Bonchev–Trinajstić information content (AvgIpc) is 3.04. The number of amides is 1. The number of guanidine groups is 1. The van der Waals surface area contributed by atoms with Gasteiger partial charge in [0.2, 0.25) is 0 Å². The summed E-state index contributed by atoms with van der Waals surface area (Å²) in [5.41, 5.74) is 6.49. The molecule has 2 N–H and O–H groups in total. The number of nitrogens with two attached hydrogens (primary N) is 1. The summed E-state index contributed by atoms with van der Waals surface area (Å²) in [4.78, 5) is 30.3. The molecule has 0 bridgehead atoms. The highest BCUT2D eigenvalue weighted by Crippen LogP contribution is 2.42. The van der Waals surface area contributed by atoms with Crippen molar-refractivity contribution in [1.29, 1.82) is 0 Å². The topological polar surface area (TPSA) is 107 Å². The first-order chi connectivity index (χ1) is 14.9. The van der Waals surface area contributed by atoms with Gasteiger partial charge in [0.15, 0.2) is 11.5 Å². The molecule has 4 rings (SSSR count). The number of aromatic nitrogens is 3. The predicted molar refractivity (Wildman–Crippen MR) is 108 cm³/mol. The van der Waals surface area contributed by atoms with Crippen LogP contribution in [0, 0.1) is 6.08 Å². The third-order valence-electron chi connectivity index (χ3n) is 5.12. The van der Waals surface area contributed by atoms with Crippen molar-refractivity contribution in [3.63, 3.8) is 0 Å². The Kier molecular flexibility index (Phi) is 5.05. The van der Waals surface area contributed by atoms with Crippen LogP contribution in [0.4, 0.5) is 8.78 Å². The number of benzene rings is 1. The van der Waals surface area contributed by atoms with E-state index in [2.05, 4.69) is 19.9 Å². The van der Waals surface area contributed by atoms with Gasteiger partial charge in [0.05, 0.1) is 12.8 Å². The Morgan fingerprint density at radius 3 is 2.45 bits per heavy atom. The van der Waals surface area contributed by atoms with E-state index in [-0.39, 0.29) is 11.7 Å². The molecule has 10 heteroatoms. The van der Waals surface area contributed by atoms with E-state index in [0.717, 1.165) is 0 Å². The molecule has 1 aliphatic rings. The van der Waals surface area contributed by atoms with Crippen LogP contribution in [0.25, 0.3) is 11.1 Å². The van der Waals surface area contributed by atoms with E-state index in [0.29, 0.717) is 28.0 Å². The van der Waals surface area contributed by atoms with Crippen molar-refractivity contribution in [1.82, 2.24) is 19.9 Å². The molecule has 0 saturated heterocycles. The standard InChI is InChI=1S/C21H18F2N6O2/c1-29-18(30)21(28-20(29)24,14-3-4-25-16(7-14)9-22)15-5-12(6-17(8-15)31-2)13-10-26-19(23)27-11-13/h3-8,10-11H,9H2,1-2H3,(H2,24,28). The van der Waals surface area contributed by atoms with Gasteiger partial charge in [-0.25, -0.2) is 19.4 Å². The fraction of sp³-hybridized carbons (Fsp3) is 0.190. The van der Waals surface area contributed by atoms with Crippen LogP contribution in [0.15, 0.2) is 53.9 Å². The number of carbonyl (C=O) groups excluding carboxylic acids is 1. The number of methoxy groups -OCH3 is 1. The molecule has 0 saturated carbocycles. The number of alkyl halides is 1. The van der Waals surface area contributed by atoms with Gasteiger partial charge in [-0.05, 0) is 47.0 Å². The van der Waals surface area contributed by atoms with Crippen molar-refractivity contribution in [3.8, 4) is 16.9 Å². The van der Waals surface area contributed by atoms with Gasteiger partial charge in [0, 0.05) is 31.2 Å². The van der Waals surface area contributed by atoms with E-state index < -0.39 is 24.2 Å². The third-order valence-corrected chi connectivity index (χ3v) is 5.12. The molecule has 0 fully saturated rings. The SMILES string of the molecule is COc1cc(-c2cnc(F)nc2)cc(C2(c3ccnc(CF)c3)N=C(N)N(C)C2=O)c1. The molecule has 158 valence electrons. The van der Waals surface area contributed by atoms with Crippen LogP contribution >= 0.6 is 0 Å². The number of pyridine rings is 1. The van der Waals surface area contributed by atoms with Crippen LogP contribution < -0.4 is 10.5 Å². The van der Waals surface area contributed by atoms with E-state index in [1.807, 2.05) is 0 Å². The molecule has 0 aliphatic carbocycles. The zero-order valence-electron chi connectivity index (χ0n) is 16.7. The number of nitrogens with zero attached hydrogens (tertiary/aromatic N) is 5. The molecule has 0 radical (unpaired) electrons. The Morgan fingerprint density at radius 1 is 1.10 bits per heavy atom. The van der Waals surface area contributed by atoms with Crippen molar-refractivity contribution in [2.75, 3.05) is 14.2 Å². The Morgan fingerprint density at radius 2 is 1.84 bits per heavy atom. The summed E-state index contributed by atoms with van der Waals surface area (Å²) < 4.78 is 31.9. The lowest BCUT2D eigenvalue weighted by atomic mass is 9.81. The zero-order chi connectivity index (χ0) is 22.2. The highest BCUT2D eigenvalue weighted by Gasteiger charge is 2.50. The summed E-state index contributed by atoms with van der Waals surface area (Å²) in [5, 5.41) is 0. The summed E-state index contributed by atoms with van der Waals surface area (Å²) in [7, 11) is 2.99. The number of likely N-dealkylation sites (N-methyl/N-ethyl adjacent to an activating group) is 1. The minimum atomic E-state index is -1.57. The zero-order valence-corrected chi connectivity index (χ0v) is 16.7. The van der Waals surface area contributed by atoms with E-state index in [4.69, 9.17) is 10.5 Å². The lowest BCUT2D eigenvalue weighted by Gasteiger charge is -2.27. The molecule has 3 aromatic rings. The first-order valence-electron chi connectivity index (χ1n) is 9.21. The summed E-state index contributed by atoms with van der Waals surface area (Å²) in [5.74, 6) is 0.0146. The maximum atomic E-state index is 13.4. The van der Waals surface area contributed by atoms with E-state index in [1.165, 1.54) is 43.7 Å². The molecule has 3 heterocycles. The minimum absolute atomic E-state index is 0.0121. The van der Waals surface area contributed by atoms with Crippen LogP contribution in [0.1, 0.15) is 16.8 Å². The van der Waals surface area contributed by atoms with Gasteiger partial charge in [-0.1, -0.05) is 0 Å². The van der Waals surface area contributed by atoms with Gasteiger partial charge in [-0.2, -0.15) is 4.39 Å². The number of carbonyl (C=O) groups is 1. The summed E-state index contributed by atoms with van der Waals surface area (Å²) in [6.45, 7) is -0.802. The van der Waals surface area contributed by atoms with Crippen LogP contribution in [0.5, 0.6) is 5.75 Å². The molecule has 0 spiro atoms. The first-order valence-corrected chi connectivity index (χ1v) is 9.21. The highest BCUT2D eigenvalue weighted by molar-refractivity contribution is 6.09. The smallest absolute Gasteiger partial charge is 0.308 e. The van der Waals surface area contributed by atoms with Crippen molar-refractivity contribution < 1.29 is 18.3 Å². The lowest BCUT2D eigenvalue weighted by Crippen LogP contribution is -2.41. The number of aliphatic imine (C=N–C) groups is 1. The maximum absolute atomic E-state index is 13.4.